The van der Waals surface area contributed by atoms with Crippen molar-refractivity contribution in [1.82, 2.24) is 9.29 Å². The summed E-state index contributed by atoms with van der Waals surface area (Å²) in [6.45, 7) is 0.682. The van der Waals surface area contributed by atoms with Crippen molar-refractivity contribution in [3.63, 3.8) is 0 Å². The van der Waals surface area contributed by atoms with Gasteiger partial charge in [-0.2, -0.15) is 0 Å². The molecule has 1 amide bonds. The van der Waals surface area contributed by atoms with Crippen LogP contribution >= 0.6 is 0 Å². The molecule has 178 valence electrons. The molecule has 0 spiro atoms. The molecule has 0 saturated carbocycles. The van der Waals surface area contributed by atoms with E-state index in [2.05, 4.69) is 15.3 Å². The van der Waals surface area contributed by atoms with E-state index < -0.39 is 56.6 Å². The zero-order chi connectivity index (χ0) is 24.6. The van der Waals surface area contributed by atoms with Crippen LogP contribution < -0.4 is 15.8 Å². The quantitative estimate of drug-likeness (QED) is 0.559. The lowest BCUT2D eigenvalue weighted by molar-refractivity contribution is 0.101. The Morgan fingerprint density at radius 2 is 2.03 bits per heavy atom. The van der Waals surface area contributed by atoms with Crippen molar-refractivity contribution < 1.29 is 31.8 Å². The van der Waals surface area contributed by atoms with Gasteiger partial charge in [-0.1, -0.05) is 6.92 Å². The molecule has 0 saturated heterocycles. The van der Waals surface area contributed by atoms with Gasteiger partial charge < -0.3 is 20.9 Å². The fraction of sp³-hybridized carbons (Fsp3) is 0.350. The summed E-state index contributed by atoms with van der Waals surface area (Å²) in [6, 6.07) is 4.28. The number of hydrogen-bond donors (Lipinski definition) is 3. The van der Waals surface area contributed by atoms with Crippen molar-refractivity contribution in [2.75, 3.05) is 26.1 Å². The maximum Gasteiger partial charge on any atom is 0.277 e. The first kappa shape index (κ1) is 24.3. The number of nitrogens with zero attached hydrogens (tertiary/aromatic N) is 3. The van der Waals surface area contributed by atoms with Gasteiger partial charge in [-0.3, -0.25) is 4.79 Å². The van der Waals surface area contributed by atoms with E-state index in [0.29, 0.717) is 0 Å². The van der Waals surface area contributed by atoms with E-state index in [1.165, 1.54) is 20.2 Å². The number of methoxy groups -OCH3 is 1. The van der Waals surface area contributed by atoms with Crippen LogP contribution in [0.3, 0.4) is 0 Å². The number of pyridine rings is 1. The van der Waals surface area contributed by atoms with Gasteiger partial charge in [0.25, 0.3) is 5.91 Å². The molecule has 1 aromatic heterocycles. The molecule has 2 heterocycles. The molecule has 2 aromatic rings. The number of rotatable bonds is 6. The summed E-state index contributed by atoms with van der Waals surface area (Å²) in [5.41, 5.74) is 2.99. The van der Waals surface area contributed by atoms with Crippen LogP contribution in [-0.2, 0) is 15.6 Å². The lowest BCUT2D eigenvalue weighted by atomic mass is 9.85. The molecule has 13 heteroatoms. The van der Waals surface area contributed by atoms with Gasteiger partial charge in [0.1, 0.15) is 22.4 Å². The lowest BCUT2D eigenvalue weighted by Gasteiger charge is -2.42. The fourth-order valence-electron chi connectivity index (χ4n) is 3.74. The summed E-state index contributed by atoms with van der Waals surface area (Å²) in [5.74, 6) is -3.05. The second kappa shape index (κ2) is 8.90. The van der Waals surface area contributed by atoms with E-state index in [1.807, 2.05) is 0 Å². The van der Waals surface area contributed by atoms with Gasteiger partial charge in [0.2, 0.25) is 16.0 Å². The molecule has 0 aliphatic carbocycles. The monoisotopic (exact) mass is 483 g/mol. The molecule has 0 radical (unpaired) electrons. The average molecular weight is 483 g/mol. The highest BCUT2D eigenvalue weighted by molar-refractivity contribution is 7.90. The number of aromatic nitrogens is 1. The third kappa shape index (κ3) is 4.09. The Morgan fingerprint density at radius 1 is 1.33 bits per heavy atom. The number of halogens is 2. The molecule has 33 heavy (non-hydrogen) atoms. The van der Waals surface area contributed by atoms with Crippen LogP contribution in [0.25, 0.3) is 0 Å². The maximum atomic E-state index is 15.0. The maximum absolute atomic E-state index is 15.0. The number of ether oxygens (including phenoxy) is 1. The first-order valence-corrected chi connectivity index (χ1v) is 11.3. The number of aliphatic hydroxyl groups is 1. The van der Waals surface area contributed by atoms with Gasteiger partial charge in [-0.05, 0) is 24.6 Å². The second-order valence-corrected chi connectivity index (χ2v) is 9.46. The highest BCUT2D eigenvalue weighted by Gasteiger charge is 2.53. The summed E-state index contributed by atoms with van der Waals surface area (Å²) in [7, 11) is -1.56. The molecule has 0 bridgehead atoms. The van der Waals surface area contributed by atoms with E-state index in [-0.39, 0.29) is 23.4 Å². The summed E-state index contributed by atoms with van der Waals surface area (Å²) >= 11 is 0. The minimum Gasteiger partial charge on any atom is -0.495 e. The number of amides is 1. The van der Waals surface area contributed by atoms with Crippen molar-refractivity contribution in [3.8, 4) is 5.75 Å². The molecule has 3 rings (SSSR count). The number of hydrogen-bond acceptors (Lipinski definition) is 8. The summed E-state index contributed by atoms with van der Waals surface area (Å²) < 4.78 is 60.7. The van der Waals surface area contributed by atoms with Gasteiger partial charge in [0.15, 0.2) is 11.5 Å². The molecular weight excluding hydrogens is 460 g/mol. The first-order chi connectivity index (χ1) is 15.5. The third-order valence-corrected chi connectivity index (χ3v) is 7.87. The Hall–Kier alpha value is -3.32. The Balaban J connectivity index is 2.07. The molecule has 2 atom stereocenters. The van der Waals surface area contributed by atoms with E-state index in [4.69, 9.17) is 10.5 Å². The fourth-order valence-corrected chi connectivity index (χ4v) is 5.59. The van der Waals surface area contributed by atoms with Crippen molar-refractivity contribution >= 4 is 27.6 Å². The van der Waals surface area contributed by atoms with E-state index in [9.17, 15) is 27.1 Å². The summed E-state index contributed by atoms with van der Waals surface area (Å²) in [5, 5.41) is 11.3. The molecule has 4 N–H and O–H groups in total. The standard InChI is InChI=1S/C20H23F2N5O5S/c1-4-16-20(10-28,26-19(23)27(2)33(16,30)31)13-7-11(5-6-14(13)21)25-18(29)17-15(22)8-12(32-3)9-24-17/h5-9,16,28H,4,10H2,1-3H3,(H2,23,26)(H,25,29). The smallest absolute Gasteiger partial charge is 0.277 e. The molecule has 1 aliphatic rings. The number of aliphatic imine (C=N–C) groups is 1. The number of nitrogens with one attached hydrogen (secondary N) is 1. The third-order valence-electron chi connectivity index (χ3n) is 5.48. The number of sulfonamides is 1. The Bertz CT molecular complexity index is 1220. The SMILES string of the molecule is CCC1C(CO)(c2cc(NC(=O)c3ncc(OC)cc3F)ccc2F)N=C(N)N(C)S1(=O)=O. The first-order valence-electron chi connectivity index (χ1n) is 9.76. The average Bonchev–Trinajstić information content (AvgIpc) is 2.78. The molecule has 1 aliphatic heterocycles. The molecule has 10 nitrogen and oxygen atoms in total. The highest BCUT2D eigenvalue weighted by atomic mass is 32.2. The summed E-state index contributed by atoms with van der Waals surface area (Å²) in [4.78, 5) is 20.4. The highest BCUT2D eigenvalue weighted by Crippen LogP contribution is 2.41. The van der Waals surface area contributed by atoms with Crippen molar-refractivity contribution in [2.24, 2.45) is 10.7 Å². The number of benzene rings is 1. The van der Waals surface area contributed by atoms with Gasteiger partial charge in [-0.15, -0.1) is 0 Å². The van der Waals surface area contributed by atoms with Crippen LogP contribution in [0.15, 0.2) is 35.5 Å². The Labute approximate surface area is 189 Å². The number of anilines is 1. The predicted octanol–water partition coefficient (Wildman–Crippen LogP) is 1.18. The van der Waals surface area contributed by atoms with Crippen molar-refractivity contribution in [1.29, 1.82) is 0 Å². The minimum atomic E-state index is -4.09. The number of aliphatic hydroxyl groups excluding tert-OH is 1. The Kier molecular flexibility index (Phi) is 6.56. The zero-order valence-corrected chi connectivity index (χ0v) is 18.9. The van der Waals surface area contributed by atoms with Gasteiger partial charge in [0, 0.05) is 24.4 Å². The van der Waals surface area contributed by atoms with E-state index in [1.54, 1.807) is 6.92 Å². The van der Waals surface area contributed by atoms with Crippen LogP contribution in [0.5, 0.6) is 5.75 Å². The normalized spacial score (nSPS) is 21.9. The van der Waals surface area contributed by atoms with Crippen molar-refractivity contribution in [3.05, 3.63) is 53.4 Å². The number of carbonyl (C=O) groups is 1. The van der Waals surface area contributed by atoms with Crippen molar-refractivity contribution in [2.45, 2.75) is 24.1 Å². The minimum absolute atomic E-state index is 0.00111. The number of guanidine groups is 1. The summed E-state index contributed by atoms with van der Waals surface area (Å²) in [6.07, 6.45) is 1.14. The van der Waals surface area contributed by atoms with E-state index >= 15 is 0 Å². The van der Waals surface area contributed by atoms with Crippen LogP contribution in [0.1, 0.15) is 29.4 Å². The Morgan fingerprint density at radius 3 is 2.61 bits per heavy atom. The molecule has 1 aromatic carbocycles. The number of nitrogens with two attached hydrogens (primary N) is 1. The van der Waals surface area contributed by atoms with Crippen LogP contribution in [-0.4, -0.2) is 60.7 Å². The molecule has 2 unspecified atom stereocenters. The van der Waals surface area contributed by atoms with Gasteiger partial charge in [-0.25, -0.2) is 31.5 Å². The zero-order valence-electron chi connectivity index (χ0n) is 18.0. The lowest BCUT2D eigenvalue weighted by Crippen LogP contribution is -2.58. The van der Waals surface area contributed by atoms with E-state index in [0.717, 1.165) is 28.7 Å². The predicted molar refractivity (Wildman–Crippen MR) is 116 cm³/mol. The second-order valence-electron chi connectivity index (χ2n) is 7.32. The van der Waals surface area contributed by atoms with Crippen LogP contribution in [0.2, 0.25) is 0 Å². The van der Waals surface area contributed by atoms with Gasteiger partial charge >= 0.3 is 0 Å². The number of carbonyl (C=O) groups excluding carboxylic acids is 1. The molecule has 0 fully saturated rings. The molecular formula is C20H23F2N5O5S. The topological polar surface area (TPSA) is 147 Å². The van der Waals surface area contributed by atoms with Crippen LogP contribution in [0.4, 0.5) is 14.5 Å². The van der Waals surface area contributed by atoms with Crippen LogP contribution in [0, 0.1) is 11.6 Å². The largest absolute Gasteiger partial charge is 0.495 e. The van der Waals surface area contributed by atoms with Gasteiger partial charge in [0.05, 0.1) is 19.9 Å².